The molecular weight excluding hydrogens is 511 g/mol. The molecule has 2 rings (SSSR count). The molecule has 0 saturated carbocycles. The van der Waals surface area contributed by atoms with Crippen LogP contribution in [-0.2, 0) is 13.0 Å². The van der Waals surface area contributed by atoms with E-state index < -0.39 is 0 Å². The average Bonchev–Trinajstić information content (AvgIpc) is 3.06. The smallest absolute Gasteiger partial charge is 0.191 e. The summed E-state index contributed by atoms with van der Waals surface area (Å²) in [5.41, 5.74) is 0. The lowest BCUT2D eigenvalue weighted by molar-refractivity contribution is 0.321. The highest BCUT2D eigenvalue weighted by atomic mass is 127. The molecule has 0 bridgehead atoms. The normalized spacial score (nSPS) is 11.0. The van der Waals surface area contributed by atoms with Crippen LogP contribution in [0, 0.1) is 0 Å². The molecule has 144 valence electrons. The van der Waals surface area contributed by atoms with Crippen molar-refractivity contribution < 1.29 is 4.74 Å². The molecule has 0 spiro atoms. The van der Waals surface area contributed by atoms with Crippen molar-refractivity contribution in [3.63, 3.8) is 0 Å². The maximum atomic E-state index is 5.71. The SMILES string of the molecule is CCNC(=NCCn1cnnc1CC)NCCOc1cccc(Br)c1.I. The van der Waals surface area contributed by atoms with E-state index in [1.54, 1.807) is 6.33 Å². The first-order chi connectivity index (χ1) is 12.2. The molecule has 0 atom stereocenters. The molecule has 1 aromatic heterocycles. The Labute approximate surface area is 180 Å². The van der Waals surface area contributed by atoms with Gasteiger partial charge in [0.15, 0.2) is 5.96 Å². The van der Waals surface area contributed by atoms with E-state index in [2.05, 4.69) is 48.7 Å². The van der Waals surface area contributed by atoms with Crippen LogP contribution in [0.3, 0.4) is 0 Å². The molecule has 9 heteroatoms. The predicted molar refractivity (Wildman–Crippen MR) is 118 cm³/mol. The number of rotatable bonds is 9. The quantitative estimate of drug-likeness (QED) is 0.223. The van der Waals surface area contributed by atoms with Gasteiger partial charge >= 0.3 is 0 Å². The Morgan fingerprint density at radius 3 is 2.88 bits per heavy atom. The van der Waals surface area contributed by atoms with E-state index in [1.807, 2.05) is 35.8 Å². The maximum Gasteiger partial charge on any atom is 0.191 e. The van der Waals surface area contributed by atoms with Crippen molar-refractivity contribution in [2.75, 3.05) is 26.2 Å². The molecule has 1 heterocycles. The first-order valence-electron chi connectivity index (χ1n) is 8.50. The molecule has 7 nitrogen and oxygen atoms in total. The Morgan fingerprint density at radius 2 is 2.15 bits per heavy atom. The lowest BCUT2D eigenvalue weighted by atomic mass is 10.3. The van der Waals surface area contributed by atoms with Gasteiger partial charge in [-0.05, 0) is 25.1 Å². The fourth-order valence-electron chi connectivity index (χ4n) is 2.25. The lowest BCUT2D eigenvalue weighted by Gasteiger charge is -2.12. The van der Waals surface area contributed by atoms with Gasteiger partial charge in [-0.25, -0.2) is 0 Å². The number of guanidine groups is 1. The minimum absolute atomic E-state index is 0. The Bertz CT molecular complexity index is 679. The predicted octanol–water partition coefficient (Wildman–Crippen LogP) is 2.86. The molecule has 2 N–H and O–H groups in total. The Hall–Kier alpha value is -1.36. The van der Waals surface area contributed by atoms with Crippen LogP contribution in [0.1, 0.15) is 19.7 Å². The molecule has 0 saturated heterocycles. The molecule has 0 amide bonds. The summed E-state index contributed by atoms with van der Waals surface area (Å²) in [7, 11) is 0. The highest BCUT2D eigenvalue weighted by Crippen LogP contribution is 2.17. The fourth-order valence-corrected chi connectivity index (χ4v) is 2.62. The van der Waals surface area contributed by atoms with E-state index in [9.17, 15) is 0 Å². The van der Waals surface area contributed by atoms with Gasteiger partial charge in [0, 0.05) is 24.0 Å². The van der Waals surface area contributed by atoms with Crippen LogP contribution in [0.15, 0.2) is 40.1 Å². The molecule has 1 aromatic carbocycles. The van der Waals surface area contributed by atoms with Crippen molar-refractivity contribution in [1.29, 1.82) is 0 Å². The van der Waals surface area contributed by atoms with E-state index in [4.69, 9.17) is 4.74 Å². The van der Waals surface area contributed by atoms with Gasteiger partial charge < -0.3 is 19.9 Å². The molecule has 0 fully saturated rings. The number of benzene rings is 1. The Kier molecular flexibility index (Phi) is 11.3. The highest BCUT2D eigenvalue weighted by Gasteiger charge is 2.02. The van der Waals surface area contributed by atoms with E-state index in [1.165, 1.54) is 0 Å². The van der Waals surface area contributed by atoms with Crippen molar-refractivity contribution in [2.24, 2.45) is 4.99 Å². The number of aromatic nitrogens is 3. The van der Waals surface area contributed by atoms with E-state index in [0.29, 0.717) is 19.7 Å². The zero-order chi connectivity index (χ0) is 17.9. The summed E-state index contributed by atoms with van der Waals surface area (Å²) < 4.78 is 8.75. The van der Waals surface area contributed by atoms with Crippen LogP contribution in [0.25, 0.3) is 0 Å². The van der Waals surface area contributed by atoms with Crippen molar-refractivity contribution >= 4 is 45.9 Å². The van der Waals surface area contributed by atoms with Crippen molar-refractivity contribution in [1.82, 2.24) is 25.4 Å². The number of hydrogen-bond acceptors (Lipinski definition) is 4. The molecule has 0 aliphatic carbocycles. The number of ether oxygens (including phenoxy) is 1. The van der Waals surface area contributed by atoms with Gasteiger partial charge in [-0.1, -0.05) is 28.9 Å². The van der Waals surface area contributed by atoms with Gasteiger partial charge in [-0.3, -0.25) is 4.99 Å². The highest BCUT2D eigenvalue weighted by molar-refractivity contribution is 14.0. The summed E-state index contributed by atoms with van der Waals surface area (Å²) in [6.07, 6.45) is 2.62. The third kappa shape index (κ3) is 7.90. The number of nitrogens with one attached hydrogen (secondary N) is 2. The minimum Gasteiger partial charge on any atom is -0.492 e. The number of aryl methyl sites for hydroxylation is 1. The van der Waals surface area contributed by atoms with Crippen molar-refractivity contribution in [2.45, 2.75) is 26.8 Å². The second kappa shape index (κ2) is 12.9. The molecule has 0 aliphatic heterocycles. The van der Waals surface area contributed by atoms with Gasteiger partial charge in [-0.15, -0.1) is 34.2 Å². The number of nitrogens with zero attached hydrogens (tertiary/aromatic N) is 4. The van der Waals surface area contributed by atoms with Gasteiger partial charge in [-0.2, -0.15) is 0 Å². The third-order valence-corrected chi connectivity index (χ3v) is 3.92. The van der Waals surface area contributed by atoms with Gasteiger partial charge in [0.2, 0.25) is 0 Å². The molecule has 0 aliphatic rings. The topological polar surface area (TPSA) is 76.4 Å². The summed E-state index contributed by atoms with van der Waals surface area (Å²) in [5.74, 6) is 2.61. The molecular formula is C17H26BrIN6O. The average molecular weight is 537 g/mol. The van der Waals surface area contributed by atoms with E-state index in [-0.39, 0.29) is 24.0 Å². The summed E-state index contributed by atoms with van der Waals surface area (Å²) in [5, 5.41) is 14.5. The molecule has 0 radical (unpaired) electrons. The summed E-state index contributed by atoms with van der Waals surface area (Å²) in [6, 6.07) is 7.81. The van der Waals surface area contributed by atoms with Crippen LogP contribution in [0.4, 0.5) is 0 Å². The van der Waals surface area contributed by atoms with Crippen LogP contribution in [0.2, 0.25) is 0 Å². The number of hydrogen-bond donors (Lipinski definition) is 2. The number of halogens is 2. The zero-order valence-corrected chi connectivity index (χ0v) is 19.0. The first kappa shape index (κ1) is 22.7. The van der Waals surface area contributed by atoms with Crippen molar-refractivity contribution in [3.8, 4) is 5.75 Å². The Balaban J connectivity index is 0.00000338. The second-order valence-electron chi connectivity index (χ2n) is 5.29. The minimum atomic E-state index is 0. The largest absolute Gasteiger partial charge is 0.492 e. The molecule has 26 heavy (non-hydrogen) atoms. The lowest BCUT2D eigenvalue weighted by Crippen LogP contribution is -2.39. The van der Waals surface area contributed by atoms with Gasteiger partial charge in [0.1, 0.15) is 24.5 Å². The summed E-state index contributed by atoms with van der Waals surface area (Å²) in [4.78, 5) is 4.58. The van der Waals surface area contributed by atoms with Gasteiger partial charge in [0.25, 0.3) is 0 Å². The van der Waals surface area contributed by atoms with Crippen LogP contribution >= 0.6 is 39.9 Å². The summed E-state index contributed by atoms with van der Waals surface area (Å²) >= 11 is 3.43. The standard InChI is InChI=1S/C17H25BrN6O.HI/c1-3-16-23-22-13-24(16)10-8-20-17(19-4-2)21-9-11-25-15-7-5-6-14(18)12-15;/h5-7,12-13H,3-4,8-11H2,1-2H3,(H2,19,20,21);1H. The van der Waals surface area contributed by atoms with Crippen molar-refractivity contribution in [3.05, 3.63) is 40.9 Å². The summed E-state index contributed by atoms with van der Waals surface area (Å²) in [6.45, 7) is 7.58. The van der Waals surface area contributed by atoms with E-state index >= 15 is 0 Å². The maximum absolute atomic E-state index is 5.71. The third-order valence-electron chi connectivity index (χ3n) is 3.43. The van der Waals surface area contributed by atoms with Crippen LogP contribution in [-0.4, -0.2) is 47.0 Å². The fraction of sp³-hybridized carbons (Fsp3) is 0.471. The Morgan fingerprint density at radius 1 is 1.31 bits per heavy atom. The first-order valence-corrected chi connectivity index (χ1v) is 9.29. The van der Waals surface area contributed by atoms with Crippen LogP contribution in [0.5, 0.6) is 5.75 Å². The monoisotopic (exact) mass is 536 g/mol. The van der Waals surface area contributed by atoms with Gasteiger partial charge in [0.05, 0.1) is 13.1 Å². The van der Waals surface area contributed by atoms with E-state index in [0.717, 1.165) is 41.5 Å². The van der Waals surface area contributed by atoms with Crippen LogP contribution < -0.4 is 15.4 Å². The number of aliphatic imine (C=N–C) groups is 1. The molecule has 2 aromatic rings. The molecule has 0 unspecified atom stereocenters. The zero-order valence-electron chi connectivity index (χ0n) is 15.1. The second-order valence-corrected chi connectivity index (χ2v) is 6.20.